The molecule has 2 heterocycles. The van der Waals surface area contributed by atoms with Gasteiger partial charge in [-0.05, 0) is 35.3 Å². The van der Waals surface area contributed by atoms with Crippen LogP contribution < -0.4 is 0 Å². The summed E-state index contributed by atoms with van der Waals surface area (Å²) in [5.41, 5.74) is 0. The quantitative estimate of drug-likeness (QED) is 0.802. The third kappa shape index (κ3) is 3.55. The summed E-state index contributed by atoms with van der Waals surface area (Å²) in [6.07, 6.45) is 4.91. The van der Waals surface area contributed by atoms with Crippen LogP contribution in [0.5, 0.6) is 0 Å². The van der Waals surface area contributed by atoms with E-state index < -0.39 is 8.03 Å². The zero-order valence-electron chi connectivity index (χ0n) is 9.28. The van der Waals surface area contributed by atoms with Crippen molar-refractivity contribution in [3.63, 3.8) is 0 Å². The van der Waals surface area contributed by atoms with Crippen LogP contribution >= 0.6 is 8.03 Å². The lowest BCUT2D eigenvalue weighted by molar-refractivity contribution is 0.433. The Morgan fingerprint density at radius 2 is 2.00 bits per heavy atom. The first kappa shape index (κ1) is 12.1. The lowest BCUT2D eigenvalue weighted by Crippen LogP contribution is -2.02. The van der Waals surface area contributed by atoms with E-state index in [1.165, 1.54) is 0 Å². The Bertz CT molecular complexity index is 447. The van der Waals surface area contributed by atoms with Crippen molar-refractivity contribution in [3.8, 4) is 0 Å². The molecular formula is C12H14O4P+. The minimum absolute atomic E-state index is 0.0382. The van der Waals surface area contributed by atoms with Gasteiger partial charge in [-0.1, -0.05) is 0 Å². The molecule has 0 aliphatic carbocycles. The Balaban J connectivity index is 1.98. The molecule has 1 N–H and O–H groups in total. The highest BCUT2D eigenvalue weighted by molar-refractivity contribution is 7.38. The topological polar surface area (TPSA) is 63.6 Å². The van der Waals surface area contributed by atoms with Gasteiger partial charge in [0.25, 0.3) is 0 Å². The van der Waals surface area contributed by atoms with Gasteiger partial charge < -0.3 is 8.83 Å². The summed E-state index contributed by atoms with van der Waals surface area (Å²) in [5.74, 6) is 1.60. The predicted molar refractivity (Wildman–Crippen MR) is 63.2 cm³/mol. The molecule has 90 valence electrons. The van der Waals surface area contributed by atoms with Crippen molar-refractivity contribution in [2.75, 3.05) is 6.16 Å². The third-order valence-electron chi connectivity index (χ3n) is 2.64. The molecule has 0 aliphatic heterocycles. The Kier molecular flexibility index (Phi) is 4.13. The lowest BCUT2D eigenvalue weighted by Gasteiger charge is -2.07. The van der Waals surface area contributed by atoms with Crippen molar-refractivity contribution >= 4 is 8.03 Å². The van der Waals surface area contributed by atoms with Gasteiger partial charge in [0.2, 0.25) is 0 Å². The summed E-state index contributed by atoms with van der Waals surface area (Å²) in [5, 5.41) is 0. The van der Waals surface area contributed by atoms with Gasteiger partial charge in [-0.2, -0.15) is 4.89 Å². The Hall–Kier alpha value is -1.38. The van der Waals surface area contributed by atoms with Crippen LogP contribution in [0.1, 0.15) is 23.9 Å². The maximum absolute atomic E-state index is 10.9. The average Bonchev–Trinajstić information content (AvgIpc) is 2.96. The highest BCUT2D eigenvalue weighted by atomic mass is 31.1. The molecule has 2 rings (SSSR count). The zero-order valence-corrected chi connectivity index (χ0v) is 10.2. The van der Waals surface area contributed by atoms with Crippen molar-refractivity contribution in [2.45, 2.75) is 18.8 Å². The van der Waals surface area contributed by atoms with E-state index in [4.69, 9.17) is 13.7 Å². The van der Waals surface area contributed by atoms with Gasteiger partial charge >= 0.3 is 8.03 Å². The number of hydrogen-bond donors (Lipinski definition) is 1. The van der Waals surface area contributed by atoms with Crippen molar-refractivity contribution in [1.82, 2.24) is 0 Å². The molecule has 0 spiro atoms. The normalized spacial score (nSPS) is 13.6. The molecule has 4 nitrogen and oxygen atoms in total. The van der Waals surface area contributed by atoms with Crippen LogP contribution in [0.15, 0.2) is 45.6 Å². The summed E-state index contributed by atoms with van der Waals surface area (Å²) in [6.45, 7) is 0. The first-order valence-electron chi connectivity index (χ1n) is 5.45. The maximum Gasteiger partial charge on any atom is 0.506 e. The zero-order chi connectivity index (χ0) is 12.1. The summed E-state index contributed by atoms with van der Waals surface area (Å²) < 4.78 is 21.5. The van der Waals surface area contributed by atoms with E-state index in [0.717, 1.165) is 24.4 Å². The summed E-state index contributed by atoms with van der Waals surface area (Å²) in [4.78, 5) is 9.02. The van der Waals surface area contributed by atoms with Crippen LogP contribution in [0.4, 0.5) is 0 Å². The van der Waals surface area contributed by atoms with Crippen LogP contribution in [0, 0.1) is 0 Å². The first-order chi connectivity index (χ1) is 8.25. The molecule has 2 atom stereocenters. The van der Waals surface area contributed by atoms with E-state index in [-0.39, 0.29) is 12.1 Å². The van der Waals surface area contributed by atoms with E-state index >= 15 is 0 Å². The largest absolute Gasteiger partial charge is 0.506 e. The summed E-state index contributed by atoms with van der Waals surface area (Å²) in [7, 11) is -2.15. The Morgan fingerprint density at radius 1 is 1.24 bits per heavy atom. The molecular weight excluding hydrogens is 239 g/mol. The summed E-state index contributed by atoms with van der Waals surface area (Å²) in [6, 6.07) is 7.37. The van der Waals surface area contributed by atoms with E-state index in [0.29, 0.717) is 0 Å². The lowest BCUT2D eigenvalue weighted by atomic mass is 10.0. The molecule has 0 saturated carbocycles. The molecule has 5 heteroatoms. The fourth-order valence-corrected chi connectivity index (χ4v) is 2.55. The molecule has 0 saturated heterocycles. The van der Waals surface area contributed by atoms with Crippen LogP contribution in [0.3, 0.4) is 0 Å². The van der Waals surface area contributed by atoms with Gasteiger partial charge in [-0.3, -0.25) is 0 Å². The third-order valence-corrected chi connectivity index (χ3v) is 3.39. The smallest absolute Gasteiger partial charge is 0.469 e. The van der Waals surface area contributed by atoms with E-state index in [9.17, 15) is 4.57 Å². The first-order valence-corrected chi connectivity index (χ1v) is 6.85. The maximum atomic E-state index is 10.9. The Labute approximate surface area is 100 Å². The van der Waals surface area contributed by atoms with Crippen molar-refractivity contribution in [3.05, 3.63) is 48.3 Å². The highest BCUT2D eigenvalue weighted by Crippen LogP contribution is 2.30. The average molecular weight is 253 g/mol. The molecule has 0 aliphatic rings. The van der Waals surface area contributed by atoms with Crippen LogP contribution in [-0.2, 0) is 11.0 Å². The molecule has 0 radical (unpaired) electrons. The van der Waals surface area contributed by atoms with Gasteiger partial charge in [0, 0.05) is 6.42 Å². The highest BCUT2D eigenvalue weighted by Gasteiger charge is 2.25. The van der Waals surface area contributed by atoms with E-state index in [1.807, 2.05) is 18.2 Å². The second-order valence-corrected chi connectivity index (χ2v) is 4.93. The minimum Gasteiger partial charge on any atom is -0.469 e. The molecule has 2 aromatic heterocycles. The van der Waals surface area contributed by atoms with Gasteiger partial charge in [-0.25, -0.2) is 0 Å². The van der Waals surface area contributed by atoms with Crippen molar-refractivity contribution in [2.24, 2.45) is 0 Å². The van der Waals surface area contributed by atoms with Crippen molar-refractivity contribution < 1.29 is 18.3 Å². The Morgan fingerprint density at radius 3 is 2.59 bits per heavy atom. The van der Waals surface area contributed by atoms with Crippen LogP contribution in [0.25, 0.3) is 0 Å². The molecule has 1 unspecified atom stereocenters. The number of aryl methyl sites for hydroxylation is 1. The summed E-state index contributed by atoms with van der Waals surface area (Å²) >= 11 is 0. The number of rotatable bonds is 6. The molecule has 0 amide bonds. The minimum atomic E-state index is -2.15. The fraction of sp³-hybridized carbons (Fsp3) is 0.333. The predicted octanol–water partition coefficient (Wildman–Crippen LogP) is 3.32. The van der Waals surface area contributed by atoms with Crippen molar-refractivity contribution in [1.29, 1.82) is 0 Å². The van der Waals surface area contributed by atoms with Gasteiger partial charge in [-0.15, -0.1) is 0 Å². The van der Waals surface area contributed by atoms with Gasteiger partial charge in [0.15, 0.2) is 6.16 Å². The molecule has 17 heavy (non-hydrogen) atoms. The van der Waals surface area contributed by atoms with E-state index in [1.54, 1.807) is 18.6 Å². The number of hydrogen-bond acceptors (Lipinski definition) is 3. The van der Waals surface area contributed by atoms with Gasteiger partial charge in [0.1, 0.15) is 11.5 Å². The van der Waals surface area contributed by atoms with Crippen LogP contribution in [-0.4, -0.2) is 11.1 Å². The second kappa shape index (κ2) is 5.80. The molecule has 0 bridgehead atoms. The van der Waals surface area contributed by atoms with Crippen LogP contribution in [0.2, 0.25) is 0 Å². The number of furan rings is 2. The fourth-order valence-electron chi connectivity index (χ4n) is 1.81. The molecule has 0 fully saturated rings. The SMILES string of the molecule is O=[P+](O)C[C@@H](CCc1ccco1)c1ccco1. The van der Waals surface area contributed by atoms with Gasteiger partial charge in [0.05, 0.1) is 18.4 Å². The standard InChI is InChI=1S/C12H13O4P/c13-17(14)9-10(12-4-2-8-16-12)5-6-11-3-1-7-15-11/h1-4,7-8,10H,5-6,9H2/p+1/t10-/m1/s1. The monoisotopic (exact) mass is 253 g/mol. The second-order valence-electron chi connectivity index (χ2n) is 3.87. The molecule has 2 aromatic rings. The molecule has 0 aromatic carbocycles. The van der Waals surface area contributed by atoms with E-state index in [2.05, 4.69) is 0 Å².